The van der Waals surface area contributed by atoms with Crippen LogP contribution in [-0.4, -0.2) is 36.9 Å². The zero-order chi connectivity index (χ0) is 13.2. The van der Waals surface area contributed by atoms with Gasteiger partial charge in [-0.15, -0.1) is 0 Å². The second-order valence-electron chi connectivity index (χ2n) is 4.31. The summed E-state index contributed by atoms with van der Waals surface area (Å²) in [6.07, 6.45) is 2.87. The Morgan fingerprint density at radius 3 is 2.94 bits per heavy atom. The van der Waals surface area contributed by atoms with Gasteiger partial charge in [0.2, 0.25) is 0 Å². The molecule has 98 valence electrons. The van der Waals surface area contributed by atoms with Crippen molar-refractivity contribution in [3.05, 3.63) is 24.0 Å². The highest BCUT2D eigenvalue weighted by Gasteiger charge is 2.30. The summed E-state index contributed by atoms with van der Waals surface area (Å²) < 4.78 is 23.3. The molecule has 18 heavy (non-hydrogen) atoms. The van der Waals surface area contributed by atoms with Gasteiger partial charge in [0, 0.05) is 18.4 Å². The molecule has 0 bridgehead atoms. The Balaban J connectivity index is 2.02. The third-order valence-electron chi connectivity index (χ3n) is 3.01. The minimum Gasteiger partial charge on any atom is -0.384 e. The maximum absolute atomic E-state index is 11.6. The quantitative estimate of drug-likeness (QED) is 0.811. The van der Waals surface area contributed by atoms with Crippen molar-refractivity contribution < 1.29 is 13.2 Å². The van der Waals surface area contributed by atoms with Gasteiger partial charge in [-0.2, -0.15) is 0 Å². The molecule has 2 heterocycles. The van der Waals surface area contributed by atoms with Crippen LogP contribution in [0.25, 0.3) is 0 Å². The summed E-state index contributed by atoms with van der Waals surface area (Å²) in [5.41, 5.74) is 5.93. The smallest absolute Gasteiger partial charge is 0.267 e. The number of rotatable bonds is 4. The summed E-state index contributed by atoms with van der Waals surface area (Å²) in [4.78, 5) is 14.8. The Kier molecular flexibility index (Phi) is 3.51. The van der Waals surface area contributed by atoms with Gasteiger partial charge in [-0.25, -0.2) is 8.42 Å². The van der Waals surface area contributed by atoms with E-state index < -0.39 is 15.7 Å². The van der Waals surface area contributed by atoms with Crippen molar-refractivity contribution in [2.45, 2.75) is 18.1 Å². The molecule has 1 aromatic heterocycles. The van der Waals surface area contributed by atoms with Gasteiger partial charge in [-0.05, 0) is 25.0 Å². The highest BCUT2D eigenvalue weighted by molar-refractivity contribution is 7.92. The second-order valence-corrected chi connectivity index (χ2v) is 6.71. The number of hydrogen-bond acceptors (Lipinski definition) is 5. The average Bonchev–Trinajstić information content (AvgIpc) is 2.66. The fraction of sp³-hybridized carbons (Fsp3) is 0.455. The van der Waals surface area contributed by atoms with Crippen molar-refractivity contribution in [1.82, 2.24) is 4.98 Å². The molecule has 1 saturated heterocycles. The number of nitrogens with two attached hydrogens (primary N) is 1. The van der Waals surface area contributed by atoms with Crippen LogP contribution < -0.4 is 11.1 Å². The topological polar surface area (TPSA) is 102 Å². The van der Waals surface area contributed by atoms with E-state index in [1.165, 1.54) is 12.3 Å². The van der Waals surface area contributed by atoms with Crippen LogP contribution in [0.5, 0.6) is 0 Å². The van der Waals surface area contributed by atoms with Gasteiger partial charge in [0.15, 0.2) is 9.84 Å². The highest BCUT2D eigenvalue weighted by Crippen LogP contribution is 2.20. The van der Waals surface area contributed by atoms with E-state index in [-0.39, 0.29) is 16.7 Å². The summed E-state index contributed by atoms with van der Waals surface area (Å²) in [5, 5.41) is 2.67. The van der Waals surface area contributed by atoms with E-state index in [2.05, 4.69) is 10.3 Å². The normalized spacial score (nSPS) is 21.7. The first-order valence-electron chi connectivity index (χ1n) is 5.70. The van der Waals surface area contributed by atoms with Gasteiger partial charge in [0.1, 0.15) is 5.69 Å². The molecule has 1 unspecified atom stereocenters. The van der Waals surface area contributed by atoms with Crippen molar-refractivity contribution in [2.24, 2.45) is 5.73 Å². The number of carbonyl (C=O) groups is 1. The molecule has 1 aromatic rings. The summed E-state index contributed by atoms with van der Waals surface area (Å²) in [5.74, 6) is -0.338. The average molecular weight is 269 g/mol. The number of carbonyl (C=O) groups excluding carboxylic acids is 1. The second kappa shape index (κ2) is 4.93. The van der Waals surface area contributed by atoms with Gasteiger partial charge in [0.25, 0.3) is 5.91 Å². The molecule has 2 rings (SSSR count). The molecule has 1 atom stereocenters. The van der Waals surface area contributed by atoms with Crippen LogP contribution in [-0.2, 0) is 9.84 Å². The summed E-state index contributed by atoms with van der Waals surface area (Å²) in [6, 6.07) is 3.19. The lowest BCUT2D eigenvalue weighted by Crippen LogP contribution is -2.25. The molecule has 3 N–H and O–H groups in total. The zero-order valence-electron chi connectivity index (χ0n) is 9.80. The van der Waals surface area contributed by atoms with Crippen molar-refractivity contribution >= 4 is 21.4 Å². The third-order valence-corrected chi connectivity index (χ3v) is 5.28. The van der Waals surface area contributed by atoms with Crippen LogP contribution >= 0.6 is 0 Å². The van der Waals surface area contributed by atoms with E-state index in [4.69, 9.17) is 5.73 Å². The molecule has 1 fully saturated rings. The number of amides is 1. The van der Waals surface area contributed by atoms with Crippen molar-refractivity contribution in [2.75, 3.05) is 17.6 Å². The number of nitrogens with one attached hydrogen (secondary N) is 1. The molecule has 0 spiro atoms. The first kappa shape index (κ1) is 12.8. The predicted molar refractivity (Wildman–Crippen MR) is 68.1 cm³/mol. The first-order valence-corrected chi connectivity index (χ1v) is 7.42. The number of sulfone groups is 1. The van der Waals surface area contributed by atoms with Gasteiger partial charge in [0.05, 0.1) is 11.0 Å². The Labute approximate surface area is 106 Å². The lowest BCUT2D eigenvalue weighted by molar-refractivity contribution is 0.0995. The molecule has 7 heteroatoms. The molecule has 0 radical (unpaired) electrons. The zero-order valence-corrected chi connectivity index (χ0v) is 10.6. The van der Waals surface area contributed by atoms with Crippen molar-refractivity contribution in [3.63, 3.8) is 0 Å². The summed E-state index contributed by atoms with van der Waals surface area (Å²) >= 11 is 0. The predicted octanol–water partition coefficient (Wildman–Crippen LogP) is 0.170. The summed E-state index contributed by atoms with van der Waals surface area (Å²) in [7, 11) is -2.95. The number of pyridine rings is 1. The third kappa shape index (κ3) is 2.79. The van der Waals surface area contributed by atoms with Crippen LogP contribution in [0, 0.1) is 0 Å². The molecule has 0 saturated carbocycles. The SMILES string of the molecule is NC(=O)c1cc(NCC2CCCS2(=O)=O)ccn1. The fourth-order valence-corrected chi connectivity index (χ4v) is 3.76. The van der Waals surface area contributed by atoms with Crippen LogP contribution in [0.1, 0.15) is 23.3 Å². The van der Waals surface area contributed by atoms with Gasteiger partial charge < -0.3 is 11.1 Å². The number of primary amides is 1. The minimum atomic E-state index is -2.95. The number of nitrogens with zero attached hydrogens (tertiary/aromatic N) is 1. The largest absolute Gasteiger partial charge is 0.384 e. The highest BCUT2D eigenvalue weighted by atomic mass is 32.2. The van der Waals surface area contributed by atoms with Crippen molar-refractivity contribution in [3.8, 4) is 0 Å². The van der Waals surface area contributed by atoms with Crippen molar-refractivity contribution in [1.29, 1.82) is 0 Å². The first-order chi connectivity index (χ1) is 8.49. The lowest BCUT2D eigenvalue weighted by Gasteiger charge is -2.12. The monoisotopic (exact) mass is 269 g/mol. The summed E-state index contributed by atoms with van der Waals surface area (Å²) in [6.45, 7) is 0.352. The Hall–Kier alpha value is -1.63. The lowest BCUT2D eigenvalue weighted by atomic mass is 10.2. The Morgan fingerprint density at radius 1 is 1.56 bits per heavy atom. The van der Waals surface area contributed by atoms with E-state index in [1.807, 2.05) is 0 Å². The molecule has 1 aliphatic rings. The Bertz CT molecular complexity index is 556. The molecule has 0 aliphatic carbocycles. The molecule has 1 aliphatic heterocycles. The maximum Gasteiger partial charge on any atom is 0.267 e. The number of anilines is 1. The van der Waals surface area contributed by atoms with E-state index in [0.29, 0.717) is 18.7 Å². The van der Waals surface area contributed by atoms with E-state index in [0.717, 1.165) is 6.42 Å². The van der Waals surface area contributed by atoms with Crippen LogP contribution in [0.15, 0.2) is 18.3 Å². The number of hydrogen-bond donors (Lipinski definition) is 2. The van der Waals surface area contributed by atoms with E-state index in [1.54, 1.807) is 6.07 Å². The Morgan fingerprint density at radius 2 is 2.33 bits per heavy atom. The molecule has 0 aromatic carbocycles. The number of aromatic nitrogens is 1. The van der Waals surface area contributed by atoms with Crippen LogP contribution in [0.4, 0.5) is 5.69 Å². The van der Waals surface area contributed by atoms with E-state index in [9.17, 15) is 13.2 Å². The molecular formula is C11H15N3O3S. The molecular weight excluding hydrogens is 254 g/mol. The van der Waals surface area contributed by atoms with Gasteiger partial charge >= 0.3 is 0 Å². The van der Waals surface area contributed by atoms with Crippen LogP contribution in [0.2, 0.25) is 0 Å². The maximum atomic E-state index is 11.6. The van der Waals surface area contributed by atoms with E-state index >= 15 is 0 Å². The van der Waals surface area contributed by atoms with Gasteiger partial charge in [-0.1, -0.05) is 0 Å². The fourth-order valence-electron chi connectivity index (χ4n) is 1.99. The minimum absolute atomic E-state index is 0.161. The molecule has 6 nitrogen and oxygen atoms in total. The van der Waals surface area contributed by atoms with Gasteiger partial charge in [-0.3, -0.25) is 9.78 Å². The molecule has 1 amide bonds. The van der Waals surface area contributed by atoms with Crippen LogP contribution in [0.3, 0.4) is 0 Å². The standard InChI is InChI=1S/C11H15N3O3S/c12-11(15)10-6-8(3-4-13-10)14-7-9-2-1-5-18(9,16)17/h3-4,6,9H,1-2,5,7H2,(H2,12,15)(H,13,14).